The fraction of sp³-hybridized carbons (Fsp3) is 0.241. The van der Waals surface area contributed by atoms with Crippen molar-refractivity contribution in [2.24, 2.45) is 0 Å². The van der Waals surface area contributed by atoms with Crippen molar-refractivity contribution in [2.45, 2.75) is 38.5 Å². The molecule has 3 amide bonds. The lowest BCUT2D eigenvalue weighted by Crippen LogP contribution is -2.47. The number of carbonyl (C=O) groups is 3. The van der Waals surface area contributed by atoms with Crippen LogP contribution in [0, 0.1) is 0 Å². The summed E-state index contributed by atoms with van der Waals surface area (Å²) in [5, 5.41) is 8.91. The maximum atomic E-state index is 13.7. The molecule has 0 unspecified atom stereocenters. The maximum absolute atomic E-state index is 13.7. The quantitative estimate of drug-likeness (QED) is 0.264. The molecule has 4 aromatic rings. The van der Waals surface area contributed by atoms with Crippen LogP contribution in [0.1, 0.15) is 54.9 Å². The van der Waals surface area contributed by atoms with Gasteiger partial charge in [-0.05, 0) is 48.7 Å². The van der Waals surface area contributed by atoms with Crippen LogP contribution in [0.2, 0.25) is 0 Å². The van der Waals surface area contributed by atoms with Gasteiger partial charge >= 0.3 is 6.18 Å². The van der Waals surface area contributed by atoms with E-state index < -0.39 is 35.5 Å². The third-order valence-corrected chi connectivity index (χ3v) is 7.61. The topological polar surface area (TPSA) is 84.3 Å². The van der Waals surface area contributed by atoms with Gasteiger partial charge in [-0.1, -0.05) is 37.3 Å². The van der Waals surface area contributed by atoms with Crippen molar-refractivity contribution in [2.75, 3.05) is 6.54 Å². The average molecular weight is 567 g/mol. The molecule has 2 aromatic heterocycles. The number of alkyl halides is 3. The van der Waals surface area contributed by atoms with Gasteiger partial charge in [-0.2, -0.15) is 18.3 Å². The van der Waals surface area contributed by atoms with E-state index in [0.29, 0.717) is 11.4 Å². The summed E-state index contributed by atoms with van der Waals surface area (Å²) in [6.45, 7) is 2.45. The number of benzene rings is 2. The first-order valence-corrected chi connectivity index (χ1v) is 13.6. The molecule has 1 N–H and O–H groups in total. The van der Waals surface area contributed by atoms with E-state index in [1.54, 1.807) is 24.4 Å². The lowest BCUT2D eigenvalue weighted by molar-refractivity contribution is -0.138. The highest BCUT2D eigenvalue weighted by molar-refractivity contribution is 7.12. The normalized spacial score (nSPS) is 13.9. The van der Waals surface area contributed by atoms with Gasteiger partial charge in [0.1, 0.15) is 0 Å². The van der Waals surface area contributed by atoms with Crippen LogP contribution < -0.4 is 5.32 Å². The second kappa shape index (κ2) is 11.1. The number of hydrogen-bond acceptors (Lipinski definition) is 5. The smallest absolute Gasteiger partial charge is 0.346 e. The summed E-state index contributed by atoms with van der Waals surface area (Å²) in [5.41, 5.74) is 1.20. The van der Waals surface area contributed by atoms with Gasteiger partial charge in [-0.3, -0.25) is 24.0 Å². The minimum Gasteiger partial charge on any atom is -0.346 e. The number of imide groups is 1. The fourth-order valence-electron chi connectivity index (χ4n) is 4.84. The van der Waals surface area contributed by atoms with E-state index in [9.17, 15) is 27.6 Å². The van der Waals surface area contributed by atoms with Crippen molar-refractivity contribution < 1.29 is 27.6 Å². The van der Waals surface area contributed by atoms with Gasteiger partial charge in [0.15, 0.2) is 0 Å². The highest BCUT2D eigenvalue weighted by Gasteiger charge is 2.38. The van der Waals surface area contributed by atoms with Crippen LogP contribution >= 0.6 is 11.3 Å². The van der Waals surface area contributed by atoms with Crippen molar-refractivity contribution in [1.82, 2.24) is 20.0 Å². The summed E-state index contributed by atoms with van der Waals surface area (Å²) in [5.74, 6) is -1.61. The minimum atomic E-state index is -4.61. The standard InChI is InChI=1S/C29H25F3N4O3S/c1-2-13-36-24(11-12-33-36)19-15-25(40-17-19)26(37)34-20(14-18-7-3-6-10-23(18)29(30,31)32)16-35-27(38)21-8-4-5-9-22(21)28(35)39/h3-12,15,17,20H,2,13-14,16H2,1H3,(H,34,37)/t20-/m0/s1. The second-order valence-corrected chi connectivity index (χ2v) is 10.3. The van der Waals surface area contributed by atoms with Crippen molar-refractivity contribution in [3.05, 3.63) is 99.4 Å². The third kappa shape index (κ3) is 5.42. The van der Waals surface area contributed by atoms with Gasteiger partial charge in [-0.25, -0.2) is 0 Å². The Morgan fingerprint density at radius 1 is 1.02 bits per heavy atom. The molecule has 1 atom stereocenters. The van der Waals surface area contributed by atoms with Crippen LogP contribution in [-0.4, -0.2) is 45.0 Å². The average Bonchev–Trinajstić information content (AvgIpc) is 3.65. The number of rotatable bonds is 9. The molecule has 0 radical (unpaired) electrons. The van der Waals surface area contributed by atoms with Gasteiger partial charge in [0.2, 0.25) is 0 Å². The third-order valence-electron chi connectivity index (χ3n) is 6.68. The molecule has 206 valence electrons. The highest BCUT2D eigenvalue weighted by Crippen LogP contribution is 2.33. The molecule has 40 heavy (non-hydrogen) atoms. The molecule has 1 aliphatic rings. The first kappa shape index (κ1) is 27.3. The van der Waals surface area contributed by atoms with Gasteiger partial charge < -0.3 is 5.32 Å². The molecule has 2 aromatic carbocycles. The molecule has 11 heteroatoms. The summed E-state index contributed by atoms with van der Waals surface area (Å²) in [6.07, 6.45) is -2.29. The Morgan fingerprint density at radius 2 is 1.70 bits per heavy atom. The number of fused-ring (bicyclic) bond motifs is 1. The van der Waals surface area contributed by atoms with E-state index in [1.807, 2.05) is 23.1 Å². The summed E-state index contributed by atoms with van der Waals surface area (Å²) in [4.78, 5) is 40.7. The van der Waals surface area contributed by atoms with Gasteiger partial charge in [0, 0.05) is 30.2 Å². The molecular formula is C29H25F3N4O3S. The molecule has 0 aliphatic carbocycles. The van der Waals surface area contributed by atoms with Crippen LogP contribution in [0.15, 0.2) is 72.2 Å². The number of nitrogens with one attached hydrogen (secondary N) is 1. The van der Waals surface area contributed by atoms with Gasteiger partial charge in [0.05, 0.1) is 33.3 Å². The first-order valence-electron chi connectivity index (χ1n) is 12.7. The van der Waals surface area contributed by atoms with Crippen molar-refractivity contribution >= 4 is 29.1 Å². The SMILES string of the molecule is CCCn1nccc1-c1csc(C(=O)N[C@@H](Cc2ccccc2C(F)(F)F)CN2C(=O)c3ccccc3C2=O)c1. The van der Waals surface area contributed by atoms with Crippen LogP contribution in [0.3, 0.4) is 0 Å². The van der Waals surface area contributed by atoms with E-state index in [0.717, 1.165) is 28.6 Å². The summed E-state index contributed by atoms with van der Waals surface area (Å²) in [6, 6.07) is 14.0. The van der Waals surface area contributed by atoms with Gasteiger partial charge in [0.25, 0.3) is 17.7 Å². The lowest BCUT2D eigenvalue weighted by Gasteiger charge is -2.25. The fourth-order valence-corrected chi connectivity index (χ4v) is 5.64. The van der Waals surface area contributed by atoms with Crippen molar-refractivity contribution in [3.8, 4) is 11.3 Å². The number of hydrogen-bond donors (Lipinski definition) is 1. The van der Waals surface area contributed by atoms with Crippen LogP contribution in [0.4, 0.5) is 13.2 Å². The number of amides is 3. The van der Waals surface area contributed by atoms with Crippen molar-refractivity contribution in [1.29, 1.82) is 0 Å². The molecule has 0 fully saturated rings. The molecule has 3 heterocycles. The van der Waals surface area contributed by atoms with E-state index in [1.165, 1.54) is 41.7 Å². The number of carbonyl (C=O) groups excluding carboxylic acids is 3. The van der Waals surface area contributed by atoms with Crippen LogP contribution in [0.5, 0.6) is 0 Å². The summed E-state index contributed by atoms with van der Waals surface area (Å²) >= 11 is 1.19. The molecule has 5 rings (SSSR count). The Morgan fingerprint density at radius 3 is 2.38 bits per heavy atom. The summed E-state index contributed by atoms with van der Waals surface area (Å²) < 4.78 is 43.1. The monoisotopic (exact) mass is 566 g/mol. The largest absolute Gasteiger partial charge is 0.416 e. The minimum absolute atomic E-state index is 0.0488. The van der Waals surface area contributed by atoms with Crippen LogP contribution in [-0.2, 0) is 19.1 Å². The maximum Gasteiger partial charge on any atom is 0.416 e. The van der Waals surface area contributed by atoms with E-state index in [4.69, 9.17) is 0 Å². The molecule has 0 saturated carbocycles. The highest BCUT2D eigenvalue weighted by atomic mass is 32.1. The van der Waals surface area contributed by atoms with E-state index >= 15 is 0 Å². The predicted octanol–water partition coefficient (Wildman–Crippen LogP) is 5.68. The molecular weight excluding hydrogens is 541 g/mol. The molecule has 0 bridgehead atoms. The number of nitrogens with zero attached hydrogens (tertiary/aromatic N) is 3. The number of aromatic nitrogens is 2. The predicted molar refractivity (Wildman–Crippen MR) is 144 cm³/mol. The Labute approximate surface area is 232 Å². The lowest BCUT2D eigenvalue weighted by atomic mass is 9.99. The number of aryl methyl sites for hydroxylation is 1. The van der Waals surface area contributed by atoms with E-state index in [2.05, 4.69) is 10.4 Å². The van der Waals surface area contributed by atoms with E-state index in [-0.39, 0.29) is 29.7 Å². The Bertz CT molecular complexity index is 1540. The Balaban J connectivity index is 1.42. The Kier molecular flexibility index (Phi) is 7.57. The zero-order valence-electron chi connectivity index (χ0n) is 21.4. The number of halogens is 3. The molecule has 0 spiro atoms. The van der Waals surface area contributed by atoms with Gasteiger partial charge in [-0.15, -0.1) is 11.3 Å². The zero-order chi connectivity index (χ0) is 28.4. The zero-order valence-corrected chi connectivity index (χ0v) is 22.3. The molecule has 0 saturated heterocycles. The molecule has 7 nitrogen and oxygen atoms in total. The first-order chi connectivity index (χ1) is 19.2. The second-order valence-electron chi connectivity index (χ2n) is 9.44. The van der Waals surface area contributed by atoms with Crippen molar-refractivity contribution in [3.63, 3.8) is 0 Å². The Hall–Kier alpha value is -4.25. The summed E-state index contributed by atoms with van der Waals surface area (Å²) in [7, 11) is 0. The molecule has 1 aliphatic heterocycles. The van der Waals surface area contributed by atoms with Crippen LogP contribution in [0.25, 0.3) is 11.3 Å². The number of thiophene rings is 1.